The van der Waals surface area contributed by atoms with Gasteiger partial charge in [0.1, 0.15) is 5.65 Å². The predicted molar refractivity (Wildman–Crippen MR) is 50.8 cm³/mol. The lowest BCUT2D eigenvalue weighted by molar-refractivity contribution is 1.28. The maximum absolute atomic E-state index is 4.38. The van der Waals surface area contributed by atoms with Gasteiger partial charge in [-0.3, -0.25) is 0 Å². The number of nitrogens with zero attached hydrogens (tertiary/aromatic N) is 1. The normalized spacial score (nSPS) is 10.4. The van der Waals surface area contributed by atoms with E-state index in [1.54, 1.807) is 0 Å². The van der Waals surface area contributed by atoms with E-state index in [0.717, 1.165) is 22.3 Å². The molecule has 2 aromatic rings. The molecule has 0 aromatic carbocycles. The van der Waals surface area contributed by atoms with Crippen molar-refractivity contribution >= 4 is 16.6 Å². The van der Waals surface area contributed by atoms with Crippen molar-refractivity contribution in [1.82, 2.24) is 9.97 Å². The number of allylic oxidation sites excluding steroid dienone is 1. The lowest BCUT2D eigenvalue weighted by atomic mass is 10.2. The Hall–Kier alpha value is -1.57. The Balaban J connectivity index is 2.68. The molecule has 0 aliphatic carbocycles. The average molecular weight is 158 g/mol. The highest BCUT2D eigenvalue weighted by Gasteiger charge is 1.97. The van der Waals surface area contributed by atoms with Crippen molar-refractivity contribution in [3.8, 4) is 0 Å². The van der Waals surface area contributed by atoms with E-state index in [-0.39, 0.29) is 0 Å². The summed E-state index contributed by atoms with van der Waals surface area (Å²) in [6, 6.07) is 6.03. The van der Waals surface area contributed by atoms with Crippen molar-refractivity contribution in [3.63, 3.8) is 0 Å². The monoisotopic (exact) mass is 158 g/mol. The topological polar surface area (TPSA) is 28.7 Å². The first-order chi connectivity index (χ1) is 5.77. The first kappa shape index (κ1) is 7.10. The molecule has 0 unspecified atom stereocenters. The molecule has 2 heteroatoms. The van der Waals surface area contributed by atoms with Gasteiger partial charge in [0, 0.05) is 11.6 Å². The van der Waals surface area contributed by atoms with Crippen LogP contribution in [0.4, 0.5) is 0 Å². The summed E-state index contributed by atoms with van der Waals surface area (Å²) >= 11 is 0. The number of nitrogens with one attached hydrogen (secondary N) is 1. The van der Waals surface area contributed by atoms with Crippen LogP contribution in [-0.4, -0.2) is 9.97 Å². The third-order valence-electron chi connectivity index (χ3n) is 1.85. The van der Waals surface area contributed by atoms with Gasteiger partial charge >= 0.3 is 0 Å². The second-order valence-electron chi connectivity index (χ2n) is 2.89. The molecule has 0 amide bonds. The van der Waals surface area contributed by atoms with Gasteiger partial charge in [-0.2, -0.15) is 0 Å². The number of pyridine rings is 1. The van der Waals surface area contributed by atoms with E-state index in [2.05, 4.69) is 16.5 Å². The molecule has 2 nitrogen and oxygen atoms in total. The van der Waals surface area contributed by atoms with E-state index in [9.17, 15) is 0 Å². The van der Waals surface area contributed by atoms with Crippen LogP contribution in [-0.2, 0) is 0 Å². The Morgan fingerprint density at radius 3 is 3.00 bits per heavy atom. The minimum Gasteiger partial charge on any atom is -0.346 e. The van der Waals surface area contributed by atoms with E-state index >= 15 is 0 Å². The van der Waals surface area contributed by atoms with Crippen molar-refractivity contribution in [1.29, 1.82) is 0 Å². The summed E-state index contributed by atoms with van der Waals surface area (Å²) in [7, 11) is 0. The first-order valence-electron chi connectivity index (χ1n) is 3.87. The summed E-state index contributed by atoms with van der Waals surface area (Å²) in [5.41, 5.74) is 2.87. The molecule has 0 fully saturated rings. The molecule has 2 aromatic heterocycles. The molecular weight excluding hydrogens is 148 g/mol. The third-order valence-corrected chi connectivity index (χ3v) is 1.85. The Kier molecular flexibility index (Phi) is 1.47. The summed E-state index contributed by atoms with van der Waals surface area (Å²) in [4.78, 5) is 7.44. The Labute approximate surface area is 70.9 Å². The molecule has 12 heavy (non-hydrogen) atoms. The zero-order valence-electron chi connectivity index (χ0n) is 6.96. The molecule has 0 saturated heterocycles. The summed E-state index contributed by atoms with van der Waals surface area (Å²) < 4.78 is 0. The predicted octanol–water partition coefficient (Wildman–Crippen LogP) is 2.60. The van der Waals surface area contributed by atoms with Crippen LogP contribution >= 0.6 is 0 Å². The summed E-state index contributed by atoms with van der Waals surface area (Å²) in [5.74, 6) is 0. The van der Waals surface area contributed by atoms with Gasteiger partial charge in [0.05, 0.1) is 5.69 Å². The quantitative estimate of drug-likeness (QED) is 0.679. The van der Waals surface area contributed by atoms with Crippen molar-refractivity contribution in [3.05, 3.63) is 36.7 Å². The van der Waals surface area contributed by atoms with Crippen LogP contribution in [0.2, 0.25) is 0 Å². The standard InChI is InChI=1S/C10H10N2/c1-7(2)9-4-3-8-5-6-11-10(8)12-9/h3-6H,1H2,2H3,(H,11,12). The van der Waals surface area contributed by atoms with Crippen LogP contribution in [0, 0.1) is 0 Å². The summed E-state index contributed by atoms with van der Waals surface area (Å²) in [6.07, 6.45) is 1.89. The lowest BCUT2D eigenvalue weighted by Crippen LogP contribution is -1.84. The van der Waals surface area contributed by atoms with Crippen molar-refractivity contribution in [2.24, 2.45) is 0 Å². The number of aromatic amines is 1. The molecule has 0 radical (unpaired) electrons. The second kappa shape index (κ2) is 2.48. The van der Waals surface area contributed by atoms with Gasteiger partial charge in [-0.05, 0) is 30.7 Å². The highest BCUT2D eigenvalue weighted by Crippen LogP contribution is 2.14. The molecular formula is C10H10N2. The fraction of sp³-hybridized carbons (Fsp3) is 0.100. The van der Waals surface area contributed by atoms with E-state index in [1.807, 2.05) is 31.3 Å². The lowest BCUT2D eigenvalue weighted by Gasteiger charge is -1.97. The fourth-order valence-electron chi connectivity index (χ4n) is 1.17. The molecule has 0 spiro atoms. The van der Waals surface area contributed by atoms with Gasteiger partial charge in [0.15, 0.2) is 0 Å². The smallest absolute Gasteiger partial charge is 0.137 e. The fourth-order valence-corrected chi connectivity index (χ4v) is 1.17. The van der Waals surface area contributed by atoms with Crippen molar-refractivity contribution < 1.29 is 0 Å². The molecule has 2 heterocycles. The molecule has 1 N–H and O–H groups in total. The molecule has 2 rings (SSSR count). The number of hydrogen-bond acceptors (Lipinski definition) is 1. The minimum absolute atomic E-state index is 0.926. The number of aromatic nitrogens is 2. The molecule has 0 aliphatic rings. The van der Waals surface area contributed by atoms with E-state index < -0.39 is 0 Å². The Morgan fingerprint density at radius 2 is 2.25 bits per heavy atom. The van der Waals surface area contributed by atoms with Gasteiger partial charge in [-0.15, -0.1) is 0 Å². The highest BCUT2D eigenvalue weighted by atomic mass is 14.8. The number of rotatable bonds is 1. The molecule has 60 valence electrons. The van der Waals surface area contributed by atoms with Gasteiger partial charge < -0.3 is 4.98 Å². The van der Waals surface area contributed by atoms with Gasteiger partial charge in [-0.25, -0.2) is 4.98 Å². The molecule has 0 saturated carbocycles. The third kappa shape index (κ3) is 1.01. The van der Waals surface area contributed by atoms with Crippen LogP contribution in [0.5, 0.6) is 0 Å². The molecule has 0 atom stereocenters. The number of hydrogen-bond donors (Lipinski definition) is 1. The average Bonchev–Trinajstić information content (AvgIpc) is 2.49. The number of fused-ring (bicyclic) bond motifs is 1. The Morgan fingerprint density at radius 1 is 1.42 bits per heavy atom. The highest BCUT2D eigenvalue weighted by molar-refractivity contribution is 5.77. The van der Waals surface area contributed by atoms with Crippen LogP contribution in [0.1, 0.15) is 12.6 Å². The van der Waals surface area contributed by atoms with Gasteiger partial charge in [0.2, 0.25) is 0 Å². The molecule has 0 bridgehead atoms. The van der Waals surface area contributed by atoms with E-state index in [1.165, 1.54) is 0 Å². The maximum atomic E-state index is 4.38. The molecule has 0 aliphatic heterocycles. The van der Waals surface area contributed by atoms with Crippen LogP contribution in [0.3, 0.4) is 0 Å². The minimum atomic E-state index is 0.926. The van der Waals surface area contributed by atoms with Crippen molar-refractivity contribution in [2.75, 3.05) is 0 Å². The maximum Gasteiger partial charge on any atom is 0.137 e. The van der Waals surface area contributed by atoms with E-state index in [4.69, 9.17) is 0 Å². The SMILES string of the molecule is C=C(C)c1ccc2cc[nH]c2n1. The second-order valence-corrected chi connectivity index (χ2v) is 2.89. The number of H-pyrrole nitrogens is 1. The van der Waals surface area contributed by atoms with Crippen LogP contribution in [0.25, 0.3) is 16.6 Å². The van der Waals surface area contributed by atoms with Gasteiger partial charge in [0.25, 0.3) is 0 Å². The van der Waals surface area contributed by atoms with Crippen LogP contribution < -0.4 is 0 Å². The van der Waals surface area contributed by atoms with E-state index in [0.29, 0.717) is 0 Å². The van der Waals surface area contributed by atoms with Crippen LogP contribution in [0.15, 0.2) is 31.0 Å². The van der Waals surface area contributed by atoms with Gasteiger partial charge in [-0.1, -0.05) is 6.58 Å². The zero-order valence-corrected chi connectivity index (χ0v) is 6.96. The van der Waals surface area contributed by atoms with Crippen molar-refractivity contribution in [2.45, 2.75) is 6.92 Å². The first-order valence-corrected chi connectivity index (χ1v) is 3.87. The largest absolute Gasteiger partial charge is 0.346 e. The zero-order chi connectivity index (χ0) is 8.55. The summed E-state index contributed by atoms with van der Waals surface area (Å²) in [6.45, 7) is 5.80. The Bertz CT molecular complexity index is 426. The summed E-state index contributed by atoms with van der Waals surface area (Å²) in [5, 5.41) is 1.14.